The minimum Gasteiger partial charge on any atom is -0.493 e. The highest BCUT2D eigenvalue weighted by Crippen LogP contribution is 2.20. The average molecular weight is 206 g/mol. The largest absolute Gasteiger partial charge is 0.493 e. The molecule has 0 saturated carbocycles. The molecule has 0 saturated heterocycles. The van der Waals surface area contributed by atoms with Crippen LogP contribution in [-0.4, -0.2) is 11.7 Å². The van der Waals surface area contributed by atoms with Crippen LogP contribution in [0, 0.1) is 6.92 Å². The lowest BCUT2D eigenvalue weighted by atomic mass is 10.1. The van der Waals surface area contributed by atoms with Gasteiger partial charge in [0, 0.05) is 12.0 Å². The Bertz CT molecular complexity index is 342. The van der Waals surface area contributed by atoms with Crippen LogP contribution in [0.2, 0.25) is 0 Å². The minimum absolute atomic E-state index is 0.0179. The van der Waals surface area contributed by atoms with Gasteiger partial charge >= 0.3 is 0 Å². The third-order valence-electron chi connectivity index (χ3n) is 2.17. The molecule has 0 spiro atoms. The summed E-state index contributed by atoms with van der Waals surface area (Å²) in [6, 6.07) is 5.82. The quantitative estimate of drug-likeness (QED) is 0.751. The molecule has 0 atom stereocenters. The van der Waals surface area contributed by atoms with Crippen LogP contribution in [0.5, 0.6) is 5.75 Å². The molecule has 82 valence electrons. The zero-order chi connectivity index (χ0) is 11.3. The fourth-order valence-corrected chi connectivity index (χ4v) is 1.31. The summed E-state index contributed by atoms with van der Waals surface area (Å²) in [5, 5.41) is 9.15. The molecular weight excluding hydrogens is 188 g/mol. The van der Waals surface area contributed by atoms with E-state index in [-0.39, 0.29) is 6.61 Å². The first kappa shape index (κ1) is 11.8. The molecular formula is C13H18O2. The molecule has 0 aliphatic heterocycles. The van der Waals surface area contributed by atoms with Gasteiger partial charge in [-0.1, -0.05) is 23.3 Å². The molecule has 0 aliphatic rings. The van der Waals surface area contributed by atoms with Gasteiger partial charge < -0.3 is 9.84 Å². The second-order valence-electron chi connectivity index (χ2n) is 3.82. The van der Waals surface area contributed by atoms with Crippen molar-refractivity contribution in [2.45, 2.75) is 26.9 Å². The summed E-state index contributed by atoms with van der Waals surface area (Å²) < 4.78 is 5.57. The number of benzene rings is 1. The maximum absolute atomic E-state index is 9.15. The Labute approximate surface area is 91.2 Å². The van der Waals surface area contributed by atoms with Gasteiger partial charge in [-0.3, -0.25) is 0 Å². The van der Waals surface area contributed by atoms with Crippen LogP contribution < -0.4 is 4.74 Å². The van der Waals surface area contributed by atoms with Gasteiger partial charge in [0.05, 0.1) is 13.2 Å². The van der Waals surface area contributed by atoms with Gasteiger partial charge in [-0.05, 0) is 19.9 Å². The SMILES string of the molecule is C=C(C)CCOc1ccc(C)cc1CO. The van der Waals surface area contributed by atoms with Crippen molar-refractivity contribution in [3.05, 3.63) is 41.5 Å². The van der Waals surface area contributed by atoms with Crippen molar-refractivity contribution in [1.82, 2.24) is 0 Å². The van der Waals surface area contributed by atoms with Crippen LogP contribution in [0.4, 0.5) is 0 Å². The van der Waals surface area contributed by atoms with E-state index in [0.29, 0.717) is 6.61 Å². The molecule has 0 amide bonds. The van der Waals surface area contributed by atoms with Gasteiger partial charge in [0.15, 0.2) is 0 Å². The Balaban J connectivity index is 2.63. The van der Waals surface area contributed by atoms with Crippen molar-refractivity contribution in [2.24, 2.45) is 0 Å². The molecule has 2 heteroatoms. The predicted octanol–water partition coefficient (Wildman–Crippen LogP) is 2.83. The van der Waals surface area contributed by atoms with Crippen molar-refractivity contribution < 1.29 is 9.84 Å². The molecule has 0 aromatic heterocycles. The van der Waals surface area contributed by atoms with Gasteiger partial charge in [0.1, 0.15) is 5.75 Å². The highest BCUT2D eigenvalue weighted by molar-refractivity contribution is 5.36. The number of aliphatic hydroxyl groups is 1. The van der Waals surface area contributed by atoms with Crippen LogP contribution in [0.3, 0.4) is 0 Å². The van der Waals surface area contributed by atoms with Crippen molar-refractivity contribution in [3.8, 4) is 5.75 Å². The van der Waals surface area contributed by atoms with E-state index in [1.165, 1.54) is 0 Å². The Morgan fingerprint density at radius 3 is 2.80 bits per heavy atom. The monoisotopic (exact) mass is 206 g/mol. The van der Waals surface area contributed by atoms with Crippen LogP contribution in [0.1, 0.15) is 24.5 Å². The first-order chi connectivity index (χ1) is 7.13. The molecule has 15 heavy (non-hydrogen) atoms. The smallest absolute Gasteiger partial charge is 0.124 e. The summed E-state index contributed by atoms with van der Waals surface area (Å²) in [4.78, 5) is 0. The number of aryl methyl sites for hydroxylation is 1. The fraction of sp³-hybridized carbons (Fsp3) is 0.385. The molecule has 1 rings (SSSR count). The number of rotatable bonds is 5. The highest BCUT2D eigenvalue weighted by atomic mass is 16.5. The van der Waals surface area contributed by atoms with E-state index in [2.05, 4.69) is 6.58 Å². The zero-order valence-corrected chi connectivity index (χ0v) is 9.42. The van der Waals surface area contributed by atoms with Crippen LogP contribution >= 0.6 is 0 Å². The first-order valence-electron chi connectivity index (χ1n) is 5.11. The van der Waals surface area contributed by atoms with E-state index in [0.717, 1.165) is 28.9 Å². The number of hydrogen-bond donors (Lipinski definition) is 1. The number of ether oxygens (including phenoxy) is 1. The van der Waals surface area contributed by atoms with Crippen molar-refractivity contribution in [3.63, 3.8) is 0 Å². The van der Waals surface area contributed by atoms with Gasteiger partial charge in [0.2, 0.25) is 0 Å². The minimum atomic E-state index is 0.0179. The predicted molar refractivity (Wildman–Crippen MR) is 62.0 cm³/mol. The standard InChI is InChI=1S/C13H18O2/c1-10(2)6-7-15-13-5-4-11(3)8-12(13)9-14/h4-5,8,14H,1,6-7,9H2,2-3H3. The normalized spacial score (nSPS) is 10.1. The second-order valence-corrected chi connectivity index (χ2v) is 3.82. The van der Waals surface area contributed by atoms with Crippen molar-refractivity contribution in [1.29, 1.82) is 0 Å². The number of hydrogen-bond acceptors (Lipinski definition) is 2. The van der Waals surface area contributed by atoms with Crippen LogP contribution in [0.15, 0.2) is 30.4 Å². The van der Waals surface area contributed by atoms with Crippen molar-refractivity contribution in [2.75, 3.05) is 6.61 Å². The molecule has 0 aliphatic carbocycles. The zero-order valence-electron chi connectivity index (χ0n) is 9.42. The molecule has 0 bridgehead atoms. The molecule has 1 N–H and O–H groups in total. The molecule has 2 nitrogen and oxygen atoms in total. The van der Waals surface area contributed by atoms with E-state index >= 15 is 0 Å². The molecule has 0 radical (unpaired) electrons. The maximum Gasteiger partial charge on any atom is 0.124 e. The Morgan fingerprint density at radius 1 is 1.47 bits per heavy atom. The summed E-state index contributed by atoms with van der Waals surface area (Å²) in [5.74, 6) is 0.768. The topological polar surface area (TPSA) is 29.5 Å². The third kappa shape index (κ3) is 3.76. The van der Waals surface area contributed by atoms with Crippen molar-refractivity contribution >= 4 is 0 Å². The van der Waals surface area contributed by atoms with Gasteiger partial charge in [0.25, 0.3) is 0 Å². The van der Waals surface area contributed by atoms with Crippen LogP contribution in [0.25, 0.3) is 0 Å². The fourth-order valence-electron chi connectivity index (χ4n) is 1.31. The first-order valence-corrected chi connectivity index (χ1v) is 5.11. The Morgan fingerprint density at radius 2 is 2.20 bits per heavy atom. The molecule has 1 aromatic carbocycles. The Kier molecular flexibility index (Phi) is 4.37. The summed E-state index contributed by atoms with van der Waals surface area (Å²) >= 11 is 0. The summed E-state index contributed by atoms with van der Waals surface area (Å²) in [6.45, 7) is 8.42. The molecule has 0 fully saturated rings. The maximum atomic E-state index is 9.15. The summed E-state index contributed by atoms with van der Waals surface area (Å²) in [6.07, 6.45) is 0.846. The van der Waals surface area contributed by atoms with Gasteiger partial charge in [-0.25, -0.2) is 0 Å². The molecule has 0 unspecified atom stereocenters. The van der Waals surface area contributed by atoms with Crippen LogP contribution in [-0.2, 0) is 6.61 Å². The number of aliphatic hydroxyl groups excluding tert-OH is 1. The molecule has 0 heterocycles. The van der Waals surface area contributed by atoms with Gasteiger partial charge in [-0.15, -0.1) is 6.58 Å². The van der Waals surface area contributed by atoms with E-state index in [9.17, 15) is 0 Å². The second kappa shape index (κ2) is 5.56. The molecule has 1 aromatic rings. The van der Waals surface area contributed by atoms with E-state index in [1.807, 2.05) is 32.0 Å². The van der Waals surface area contributed by atoms with E-state index < -0.39 is 0 Å². The summed E-state index contributed by atoms with van der Waals surface area (Å²) in [5.41, 5.74) is 3.08. The lowest BCUT2D eigenvalue weighted by Gasteiger charge is -2.10. The third-order valence-corrected chi connectivity index (χ3v) is 2.17. The summed E-state index contributed by atoms with van der Waals surface area (Å²) in [7, 11) is 0. The van der Waals surface area contributed by atoms with E-state index in [1.54, 1.807) is 0 Å². The lowest BCUT2D eigenvalue weighted by Crippen LogP contribution is -2.00. The average Bonchev–Trinajstić information content (AvgIpc) is 2.19. The Hall–Kier alpha value is -1.28. The van der Waals surface area contributed by atoms with E-state index in [4.69, 9.17) is 9.84 Å². The lowest BCUT2D eigenvalue weighted by molar-refractivity contribution is 0.263. The highest BCUT2D eigenvalue weighted by Gasteiger charge is 2.02. The van der Waals surface area contributed by atoms with Gasteiger partial charge in [-0.2, -0.15) is 0 Å².